The zero-order chi connectivity index (χ0) is 12.8. The van der Waals surface area contributed by atoms with Crippen LogP contribution in [0.25, 0.3) is 11.4 Å². The second kappa shape index (κ2) is 3.78. The largest absolute Gasteiger partial charge is 0.508 e. The van der Waals surface area contributed by atoms with E-state index in [4.69, 9.17) is 5.73 Å². The molecule has 0 bridgehead atoms. The van der Waals surface area contributed by atoms with Crippen molar-refractivity contribution >= 4 is 0 Å². The summed E-state index contributed by atoms with van der Waals surface area (Å²) in [6, 6.07) is 6.95. The number of fused-ring (bicyclic) bond motifs is 1. The Morgan fingerprint density at radius 3 is 3.00 bits per heavy atom. The lowest BCUT2D eigenvalue weighted by Crippen LogP contribution is -2.31. The molecule has 1 heterocycles. The molecule has 1 aromatic heterocycles. The molecule has 0 fully saturated rings. The van der Waals surface area contributed by atoms with E-state index in [0.717, 1.165) is 29.7 Å². The van der Waals surface area contributed by atoms with Gasteiger partial charge in [-0.25, -0.2) is 9.97 Å². The maximum Gasteiger partial charge on any atom is 0.159 e. The Morgan fingerprint density at radius 2 is 2.22 bits per heavy atom. The zero-order valence-electron chi connectivity index (χ0n) is 10.2. The summed E-state index contributed by atoms with van der Waals surface area (Å²) in [4.78, 5) is 8.92. The molecule has 1 aromatic carbocycles. The van der Waals surface area contributed by atoms with Gasteiger partial charge in [-0.05, 0) is 37.5 Å². The van der Waals surface area contributed by atoms with Crippen molar-refractivity contribution in [2.45, 2.75) is 25.3 Å². The van der Waals surface area contributed by atoms with Gasteiger partial charge in [0, 0.05) is 11.8 Å². The molecule has 0 amide bonds. The predicted molar refractivity (Wildman–Crippen MR) is 69.0 cm³/mol. The molecule has 1 aliphatic carbocycles. The average molecular weight is 241 g/mol. The van der Waals surface area contributed by atoms with Crippen LogP contribution in [0.5, 0.6) is 5.75 Å². The molecule has 4 nitrogen and oxygen atoms in total. The van der Waals surface area contributed by atoms with Gasteiger partial charge in [0.2, 0.25) is 0 Å². The molecule has 0 saturated carbocycles. The molecule has 92 valence electrons. The van der Waals surface area contributed by atoms with E-state index < -0.39 is 0 Å². The van der Waals surface area contributed by atoms with E-state index in [0.29, 0.717) is 5.82 Å². The molecule has 0 spiro atoms. The number of benzene rings is 1. The highest BCUT2D eigenvalue weighted by molar-refractivity contribution is 5.58. The Morgan fingerprint density at radius 1 is 1.39 bits per heavy atom. The van der Waals surface area contributed by atoms with E-state index in [2.05, 4.69) is 9.97 Å². The lowest BCUT2D eigenvalue weighted by molar-refractivity contribution is 0.475. The minimum Gasteiger partial charge on any atom is -0.508 e. The van der Waals surface area contributed by atoms with Crippen LogP contribution in [0.2, 0.25) is 0 Å². The first kappa shape index (κ1) is 11.2. The number of aryl methyl sites for hydroxylation is 1. The third-order valence-electron chi connectivity index (χ3n) is 3.42. The monoisotopic (exact) mass is 241 g/mol. The Labute approximate surface area is 106 Å². The Balaban J connectivity index is 2.11. The van der Waals surface area contributed by atoms with Gasteiger partial charge in [-0.1, -0.05) is 12.1 Å². The molecule has 0 aliphatic heterocycles. The number of aromatic nitrogens is 2. The van der Waals surface area contributed by atoms with Gasteiger partial charge in [0.15, 0.2) is 5.82 Å². The van der Waals surface area contributed by atoms with E-state index in [1.165, 1.54) is 0 Å². The molecule has 0 radical (unpaired) electrons. The third-order valence-corrected chi connectivity index (χ3v) is 3.42. The predicted octanol–water partition coefficient (Wildman–Crippen LogP) is 1.97. The van der Waals surface area contributed by atoms with Gasteiger partial charge in [-0.2, -0.15) is 0 Å². The van der Waals surface area contributed by atoms with Crippen molar-refractivity contribution < 1.29 is 5.11 Å². The first-order valence-electron chi connectivity index (χ1n) is 6.01. The molecule has 3 N–H and O–H groups in total. The number of nitrogens with two attached hydrogens (primary N) is 1. The number of hydrogen-bond acceptors (Lipinski definition) is 4. The fraction of sp³-hybridized carbons (Fsp3) is 0.286. The quantitative estimate of drug-likeness (QED) is 0.800. The molecule has 1 atom stereocenters. The van der Waals surface area contributed by atoms with Crippen LogP contribution < -0.4 is 5.73 Å². The Hall–Kier alpha value is -1.94. The molecule has 18 heavy (non-hydrogen) atoms. The van der Waals surface area contributed by atoms with Gasteiger partial charge in [0.05, 0.1) is 11.2 Å². The molecular formula is C14H15N3O. The van der Waals surface area contributed by atoms with Crippen LogP contribution in [0.1, 0.15) is 24.6 Å². The third kappa shape index (κ3) is 1.75. The first-order chi connectivity index (χ1) is 8.56. The number of phenols is 1. The van der Waals surface area contributed by atoms with Crippen molar-refractivity contribution in [1.29, 1.82) is 0 Å². The van der Waals surface area contributed by atoms with Crippen molar-refractivity contribution in [1.82, 2.24) is 9.97 Å². The van der Waals surface area contributed by atoms with Crippen LogP contribution in [0, 0.1) is 0 Å². The zero-order valence-corrected chi connectivity index (χ0v) is 10.2. The fourth-order valence-electron chi connectivity index (χ4n) is 2.38. The molecule has 2 aromatic rings. The smallest absolute Gasteiger partial charge is 0.159 e. The molecular weight excluding hydrogens is 226 g/mol. The second-order valence-electron chi connectivity index (χ2n) is 5.04. The van der Waals surface area contributed by atoms with E-state index >= 15 is 0 Å². The highest BCUT2D eigenvalue weighted by Crippen LogP contribution is 2.33. The van der Waals surface area contributed by atoms with E-state index in [-0.39, 0.29) is 11.3 Å². The van der Waals surface area contributed by atoms with Crippen LogP contribution in [0.15, 0.2) is 30.5 Å². The van der Waals surface area contributed by atoms with Crippen LogP contribution in [0.4, 0.5) is 0 Å². The van der Waals surface area contributed by atoms with Gasteiger partial charge in [-0.3, -0.25) is 0 Å². The fourth-order valence-corrected chi connectivity index (χ4v) is 2.38. The summed E-state index contributed by atoms with van der Waals surface area (Å²) in [5.41, 5.74) is 8.72. The normalized spacial score (nSPS) is 21.9. The van der Waals surface area contributed by atoms with E-state index in [1.807, 2.05) is 19.2 Å². The van der Waals surface area contributed by atoms with Crippen LogP contribution >= 0.6 is 0 Å². The number of rotatable bonds is 1. The highest BCUT2D eigenvalue weighted by atomic mass is 16.3. The lowest BCUT2D eigenvalue weighted by atomic mass is 10.0. The van der Waals surface area contributed by atoms with Gasteiger partial charge < -0.3 is 10.8 Å². The molecule has 1 unspecified atom stereocenters. The minimum atomic E-state index is -0.371. The minimum absolute atomic E-state index is 0.215. The van der Waals surface area contributed by atoms with Crippen molar-refractivity contribution in [2.24, 2.45) is 5.73 Å². The second-order valence-corrected chi connectivity index (χ2v) is 5.04. The topological polar surface area (TPSA) is 72.0 Å². The number of hydrogen-bond donors (Lipinski definition) is 2. The summed E-state index contributed by atoms with van der Waals surface area (Å²) in [7, 11) is 0. The van der Waals surface area contributed by atoms with Crippen molar-refractivity contribution in [3.63, 3.8) is 0 Å². The van der Waals surface area contributed by atoms with Crippen molar-refractivity contribution in [3.8, 4) is 17.1 Å². The molecule has 3 rings (SSSR count). The summed E-state index contributed by atoms with van der Waals surface area (Å²) in [5.74, 6) is 0.829. The van der Waals surface area contributed by atoms with Crippen LogP contribution in [-0.4, -0.2) is 15.1 Å². The number of phenolic OH excluding ortho intramolecular Hbond substituents is 1. The van der Waals surface area contributed by atoms with Crippen LogP contribution in [-0.2, 0) is 12.0 Å². The average Bonchev–Trinajstić information content (AvgIpc) is 2.65. The summed E-state index contributed by atoms with van der Waals surface area (Å²) < 4.78 is 0. The van der Waals surface area contributed by atoms with E-state index in [1.54, 1.807) is 18.2 Å². The SMILES string of the molecule is CC1(N)CCc2cnc(-c3cccc(O)c3)nc21. The Bertz CT molecular complexity index is 608. The summed E-state index contributed by atoms with van der Waals surface area (Å²) in [5, 5.41) is 9.49. The summed E-state index contributed by atoms with van der Waals surface area (Å²) in [6.07, 6.45) is 3.68. The lowest BCUT2D eigenvalue weighted by Gasteiger charge is -2.17. The maximum atomic E-state index is 9.49. The van der Waals surface area contributed by atoms with Gasteiger partial charge in [0.25, 0.3) is 0 Å². The molecule has 0 saturated heterocycles. The van der Waals surface area contributed by atoms with Gasteiger partial charge in [-0.15, -0.1) is 0 Å². The van der Waals surface area contributed by atoms with Gasteiger partial charge in [0.1, 0.15) is 5.75 Å². The first-order valence-corrected chi connectivity index (χ1v) is 6.01. The number of aromatic hydroxyl groups is 1. The summed E-state index contributed by atoms with van der Waals surface area (Å²) in [6.45, 7) is 2.00. The maximum absolute atomic E-state index is 9.49. The van der Waals surface area contributed by atoms with Crippen molar-refractivity contribution in [3.05, 3.63) is 41.7 Å². The molecule has 1 aliphatic rings. The van der Waals surface area contributed by atoms with Crippen LogP contribution in [0.3, 0.4) is 0 Å². The standard InChI is InChI=1S/C14H15N3O/c1-14(15)6-5-10-8-16-13(17-12(10)14)9-3-2-4-11(18)7-9/h2-4,7-8,18H,5-6,15H2,1H3. The summed E-state index contributed by atoms with van der Waals surface area (Å²) >= 11 is 0. The van der Waals surface area contributed by atoms with Crippen molar-refractivity contribution in [2.75, 3.05) is 0 Å². The van der Waals surface area contributed by atoms with Gasteiger partial charge >= 0.3 is 0 Å². The Kier molecular flexibility index (Phi) is 2.35. The molecule has 4 heteroatoms. The highest BCUT2D eigenvalue weighted by Gasteiger charge is 2.32. The number of nitrogens with zero attached hydrogens (tertiary/aromatic N) is 2. The van der Waals surface area contributed by atoms with E-state index in [9.17, 15) is 5.11 Å².